The molecule has 2 aromatic heterocycles. The largest absolute Gasteiger partial charge is 0.394 e. The van der Waals surface area contributed by atoms with E-state index in [2.05, 4.69) is 25.6 Å². The fourth-order valence-electron chi connectivity index (χ4n) is 3.13. The van der Waals surface area contributed by atoms with Crippen LogP contribution in [-0.2, 0) is 4.74 Å². The number of ether oxygens (including phenoxy) is 1. The summed E-state index contributed by atoms with van der Waals surface area (Å²) in [6, 6.07) is 8.32. The van der Waals surface area contributed by atoms with Crippen molar-refractivity contribution in [3.05, 3.63) is 47.1 Å². The average Bonchev–Trinajstić information content (AvgIpc) is 3.21. The first-order valence-electron chi connectivity index (χ1n) is 8.59. The zero-order valence-corrected chi connectivity index (χ0v) is 14.6. The summed E-state index contributed by atoms with van der Waals surface area (Å²) in [6.45, 7) is -0.365. The highest BCUT2D eigenvalue weighted by Gasteiger charge is 2.36. The number of benzene rings is 1. The van der Waals surface area contributed by atoms with Crippen LogP contribution in [0.15, 0.2) is 41.5 Å². The molecular formula is C17H18N6O5. The lowest BCUT2D eigenvalue weighted by molar-refractivity contribution is -0.0441. The molecule has 11 heteroatoms. The van der Waals surface area contributed by atoms with Gasteiger partial charge in [0, 0.05) is 12.1 Å². The number of fused-ring (bicyclic) bond motifs is 1. The van der Waals surface area contributed by atoms with Gasteiger partial charge in [-0.2, -0.15) is 0 Å². The Kier molecular flexibility index (Phi) is 4.77. The number of aromatic nitrogens is 4. The minimum absolute atomic E-state index is 0.117. The standard InChI is InChI=1S/C17H18N6O5/c24-7-11-10(25)6-12(28-11)23-15-13(21-17(23)27)14(18-8-19-15)22-16(26)20-9-4-2-1-3-5-9/h1-5,8,10-12,24-25H,6-7H2,(H,21,27)(H2,18,19,20,22,26)/t10?,11?,12-/m1/s1. The summed E-state index contributed by atoms with van der Waals surface area (Å²) in [7, 11) is 0. The number of aliphatic hydroxyl groups is 2. The second-order valence-electron chi connectivity index (χ2n) is 6.28. The molecule has 3 heterocycles. The maximum atomic E-state index is 12.4. The summed E-state index contributed by atoms with van der Waals surface area (Å²) in [6.07, 6.45) is -1.14. The van der Waals surface area contributed by atoms with Crippen LogP contribution in [0.2, 0.25) is 0 Å². The van der Waals surface area contributed by atoms with Gasteiger partial charge in [-0.05, 0) is 12.1 Å². The Hall–Kier alpha value is -3.28. The molecule has 4 rings (SSSR count). The molecule has 3 aromatic rings. The van der Waals surface area contributed by atoms with Crippen LogP contribution < -0.4 is 16.3 Å². The smallest absolute Gasteiger partial charge is 0.329 e. The molecule has 11 nitrogen and oxygen atoms in total. The van der Waals surface area contributed by atoms with Gasteiger partial charge in [-0.1, -0.05) is 18.2 Å². The number of nitrogens with zero attached hydrogens (tertiary/aromatic N) is 3. The number of aliphatic hydroxyl groups excluding tert-OH is 2. The maximum absolute atomic E-state index is 12.4. The molecule has 0 spiro atoms. The monoisotopic (exact) mass is 386 g/mol. The van der Waals surface area contributed by atoms with Gasteiger partial charge in [0.1, 0.15) is 24.2 Å². The topological polar surface area (TPSA) is 154 Å². The number of carbonyl (C=O) groups excluding carboxylic acids is 1. The van der Waals surface area contributed by atoms with Crippen molar-refractivity contribution in [1.29, 1.82) is 0 Å². The number of H-pyrrole nitrogens is 1. The highest BCUT2D eigenvalue weighted by molar-refractivity contribution is 6.02. The first-order valence-corrected chi connectivity index (χ1v) is 8.59. The lowest BCUT2D eigenvalue weighted by atomic mass is 10.2. The fraction of sp³-hybridized carbons (Fsp3) is 0.294. The van der Waals surface area contributed by atoms with Gasteiger partial charge in [0.05, 0.1) is 12.7 Å². The third-order valence-corrected chi connectivity index (χ3v) is 4.44. The summed E-state index contributed by atoms with van der Waals surface area (Å²) in [4.78, 5) is 35.4. The van der Waals surface area contributed by atoms with E-state index in [0.29, 0.717) is 5.69 Å². The number of carbonyl (C=O) groups is 1. The molecule has 1 saturated heterocycles. The summed E-state index contributed by atoms with van der Waals surface area (Å²) in [5.41, 5.74) is 0.504. The van der Waals surface area contributed by atoms with E-state index < -0.39 is 30.2 Å². The van der Waals surface area contributed by atoms with Crippen molar-refractivity contribution in [3.63, 3.8) is 0 Å². The number of para-hydroxylation sites is 1. The number of aromatic amines is 1. The van der Waals surface area contributed by atoms with Gasteiger partial charge in [-0.15, -0.1) is 0 Å². The van der Waals surface area contributed by atoms with Gasteiger partial charge in [0.25, 0.3) is 0 Å². The van der Waals surface area contributed by atoms with E-state index in [1.807, 2.05) is 6.07 Å². The number of anilines is 2. The van der Waals surface area contributed by atoms with Crippen LogP contribution >= 0.6 is 0 Å². The zero-order chi connectivity index (χ0) is 19.7. The molecule has 146 valence electrons. The number of imidazole rings is 1. The number of rotatable bonds is 4. The van der Waals surface area contributed by atoms with Crippen molar-refractivity contribution in [3.8, 4) is 0 Å². The van der Waals surface area contributed by atoms with E-state index in [0.717, 1.165) is 0 Å². The van der Waals surface area contributed by atoms with Crippen LogP contribution in [0.25, 0.3) is 11.2 Å². The number of hydrogen-bond acceptors (Lipinski definition) is 7. The Labute approximate surface area is 158 Å². The SMILES string of the molecule is O=C(Nc1ccccc1)Nc1ncnc2c1[nH]c(=O)n2[C@H]1CC(O)C(CO)O1. The Bertz CT molecular complexity index is 1050. The lowest BCUT2D eigenvalue weighted by Crippen LogP contribution is -2.25. The van der Waals surface area contributed by atoms with Crippen molar-refractivity contribution in [2.24, 2.45) is 0 Å². The second-order valence-corrected chi connectivity index (χ2v) is 6.28. The average molecular weight is 386 g/mol. The molecule has 28 heavy (non-hydrogen) atoms. The lowest BCUT2D eigenvalue weighted by Gasteiger charge is -2.13. The van der Waals surface area contributed by atoms with Crippen LogP contribution in [0.5, 0.6) is 0 Å². The van der Waals surface area contributed by atoms with Crippen LogP contribution in [0, 0.1) is 0 Å². The maximum Gasteiger partial charge on any atom is 0.329 e. The normalized spacial score (nSPS) is 21.7. The Morgan fingerprint density at radius 2 is 2.07 bits per heavy atom. The molecule has 0 aliphatic carbocycles. The molecule has 1 aliphatic rings. The van der Waals surface area contributed by atoms with Crippen LogP contribution in [0.1, 0.15) is 12.6 Å². The van der Waals surface area contributed by atoms with Gasteiger partial charge < -0.3 is 25.3 Å². The molecular weight excluding hydrogens is 368 g/mol. The van der Waals surface area contributed by atoms with Gasteiger partial charge in [-0.25, -0.2) is 24.1 Å². The highest BCUT2D eigenvalue weighted by atomic mass is 16.5. The molecule has 1 fully saturated rings. The second kappa shape index (κ2) is 7.38. The van der Waals surface area contributed by atoms with Gasteiger partial charge in [0.2, 0.25) is 0 Å². The minimum atomic E-state index is -0.900. The van der Waals surface area contributed by atoms with E-state index in [1.165, 1.54) is 10.9 Å². The first kappa shape index (κ1) is 18.1. The van der Waals surface area contributed by atoms with Crippen molar-refractivity contribution < 1.29 is 19.7 Å². The van der Waals surface area contributed by atoms with Gasteiger partial charge in [-0.3, -0.25) is 5.32 Å². The van der Waals surface area contributed by atoms with E-state index in [9.17, 15) is 19.8 Å². The molecule has 0 saturated carbocycles. The molecule has 1 aromatic carbocycles. The third-order valence-electron chi connectivity index (χ3n) is 4.44. The molecule has 2 amide bonds. The first-order chi connectivity index (χ1) is 13.6. The van der Waals surface area contributed by atoms with Crippen LogP contribution in [0.4, 0.5) is 16.3 Å². The van der Waals surface area contributed by atoms with Crippen molar-refractivity contribution in [2.75, 3.05) is 17.2 Å². The molecule has 3 atom stereocenters. The van der Waals surface area contributed by atoms with Crippen LogP contribution in [0.3, 0.4) is 0 Å². The Balaban J connectivity index is 1.61. The Morgan fingerprint density at radius 3 is 2.79 bits per heavy atom. The summed E-state index contributed by atoms with van der Waals surface area (Å²) in [5, 5.41) is 24.4. The third kappa shape index (κ3) is 3.33. The van der Waals surface area contributed by atoms with Crippen molar-refractivity contribution in [2.45, 2.75) is 24.9 Å². The Morgan fingerprint density at radius 1 is 1.29 bits per heavy atom. The quantitative estimate of drug-likeness (QED) is 0.435. The summed E-state index contributed by atoms with van der Waals surface area (Å²) in [5.74, 6) is 0.117. The molecule has 2 unspecified atom stereocenters. The molecule has 0 radical (unpaired) electrons. The molecule has 5 N–H and O–H groups in total. The summed E-state index contributed by atoms with van der Waals surface area (Å²) >= 11 is 0. The predicted octanol–water partition coefficient (Wildman–Crippen LogP) is 0.404. The van der Waals surface area contributed by atoms with Crippen molar-refractivity contribution >= 4 is 28.7 Å². The number of amides is 2. The van der Waals surface area contributed by atoms with E-state index >= 15 is 0 Å². The molecule has 0 bridgehead atoms. The van der Waals surface area contributed by atoms with Crippen LogP contribution in [-0.4, -0.2) is 54.6 Å². The summed E-state index contributed by atoms with van der Waals surface area (Å²) < 4.78 is 6.77. The number of nitrogens with one attached hydrogen (secondary N) is 3. The van der Waals surface area contributed by atoms with Gasteiger partial charge in [0.15, 0.2) is 11.5 Å². The molecule has 1 aliphatic heterocycles. The van der Waals surface area contributed by atoms with Gasteiger partial charge >= 0.3 is 11.7 Å². The van der Waals surface area contributed by atoms with E-state index in [4.69, 9.17) is 4.74 Å². The minimum Gasteiger partial charge on any atom is -0.394 e. The highest BCUT2D eigenvalue weighted by Crippen LogP contribution is 2.30. The number of urea groups is 1. The van der Waals surface area contributed by atoms with Crippen molar-refractivity contribution in [1.82, 2.24) is 19.5 Å². The number of hydrogen-bond donors (Lipinski definition) is 5. The van der Waals surface area contributed by atoms with E-state index in [1.54, 1.807) is 24.3 Å². The predicted molar refractivity (Wildman–Crippen MR) is 98.9 cm³/mol. The fourth-order valence-corrected chi connectivity index (χ4v) is 3.13. The van der Waals surface area contributed by atoms with E-state index in [-0.39, 0.29) is 30.0 Å². The zero-order valence-electron chi connectivity index (χ0n) is 14.6.